The van der Waals surface area contributed by atoms with Crippen LogP contribution in [0.25, 0.3) is 121 Å². The van der Waals surface area contributed by atoms with Gasteiger partial charge in [0.05, 0.1) is 72.3 Å². The summed E-state index contributed by atoms with van der Waals surface area (Å²) >= 11 is 0. The molecule has 0 unspecified atom stereocenters. The van der Waals surface area contributed by atoms with Gasteiger partial charge in [-0.3, -0.25) is 0 Å². The van der Waals surface area contributed by atoms with Crippen molar-refractivity contribution in [3.8, 4) is 46.0 Å². The largest absolute Gasteiger partial charge is 0.311 e. The average Bonchev–Trinajstić information content (AvgIpc) is 1.63. The highest BCUT2D eigenvalue weighted by atomic mass is 15.2. The van der Waals surface area contributed by atoms with Gasteiger partial charge < -0.3 is 28.1 Å². The van der Waals surface area contributed by atoms with Crippen LogP contribution in [0.4, 0.5) is 34.1 Å². The number of aromatic nitrogens is 4. The molecule has 0 aliphatic carbocycles. The van der Waals surface area contributed by atoms with Gasteiger partial charge in [-0.05, 0) is 221 Å². The van der Waals surface area contributed by atoms with Crippen LogP contribution in [-0.2, 0) is 32.5 Å². The van der Waals surface area contributed by atoms with E-state index in [9.17, 15) is 10.5 Å². The predicted molar refractivity (Wildman–Crippen MR) is 505 cm³/mol. The zero-order chi connectivity index (χ0) is 82.8. The summed E-state index contributed by atoms with van der Waals surface area (Å²) in [6.07, 6.45) is 0. The molecule has 0 saturated heterocycles. The molecule has 4 aromatic heterocycles. The fraction of sp³-hybridized carbons (Fsp3) is 0.218. The van der Waals surface area contributed by atoms with Crippen molar-refractivity contribution < 1.29 is 0 Å². The van der Waals surface area contributed by atoms with Gasteiger partial charge in [-0.1, -0.05) is 270 Å². The van der Waals surface area contributed by atoms with Crippen molar-refractivity contribution in [1.82, 2.24) is 18.3 Å². The Morgan fingerprint density at radius 2 is 0.571 bits per heavy atom. The van der Waals surface area contributed by atoms with Crippen molar-refractivity contribution in [1.29, 1.82) is 10.5 Å². The quantitative estimate of drug-likeness (QED) is 0.149. The van der Waals surface area contributed by atoms with Crippen LogP contribution in [0.3, 0.4) is 0 Å². The molecule has 2 aliphatic heterocycles. The third-order valence-corrected chi connectivity index (χ3v) is 25.9. The number of nitrogens with zero attached hydrogens (tertiary/aromatic N) is 8. The van der Waals surface area contributed by atoms with Gasteiger partial charge >= 0.3 is 0 Å². The maximum absolute atomic E-state index is 12.3. The minimum Gasteiger partial charge on any atom is -0.311 e. The average molecular weight is 1540 g/mol. The minimum atomic E-state index is -0.387. The van der Waals surface area contributed by atoms with Crippen molar-refractivity contribution in [3.63, 3.8) is 0 Å². The van der Waals surface area contributed by atoms with E-state index in [1.54, 1.807) is 0 Å². The monoisotopic (exact) mass is 1540 g/mol. The smallest absolute Gasteiger partial charge is 0.252 e. The molecule has 14 aromatic carbocycles. The van der Waals surface area contributed by atoms with E-state index in [0.717, 1.165) is 161 Å². The number of anilines is 6. The Morgan fingerprint density at radius 3 is 1.03 bits per heavy atom. The SMILES string of the molecule is CC(C)(C)c1cc(-c2ccc3c(c2)N(c2cc(-n4c5ccccc5c5ccccc54)ccc2C#N)c2cc(-n4c5cc(C(C)(C)C)ccc5c5ccc(C(C)(C)C)cc54)cc4c2B3c2ccc(-n3c5ccc(C(C)(C)C)cc5c5cc(C(C)(C)C)ccc53)cc2N4c2ccc(C#N)c(-n3c4ccccc4c4ccccc43)c2)cc(C(C)(C)C)c1. The van der Waals surface area contributed by atoms with Gasteiger partial charge in [0.25, 0.3) is 6.71 Å². The lowest BCUT2D eigenvalue weighted by Gasteiger charge is -2.45. The molecule has 0 saturated carbocycles. The van der Waals surface area contributed by atoms with Crippen LogP contribution < -0.4 is 26.2 Å². The van der Waals surface area contributed by atoms with Gasteiger partial charge in [0.1, 0.15) is 12.1 Å². The molecule has 0 spiro atoms. The van der Waals surface area contributed by atoms with E-state index in [4.69, 9.17) is 0 Å². The fourth-order valence-corrected chi connectivity index (χ4v) is 19.3. The topological polar surface area (TPSA) is 73.8 Å². The van der Waals surface area contributed by atoms with Crippen LogP contribution in [0.1, 0.15) is 169 Å². The minimum absolute atomic E-state index is 0.104. The Kier molecular flexibility index (Phi) is 16.5. The van der Waals surface area contributed by atoms with Gasteiger partial charge in [-0.25, -0.2) is 0 Å². The number of nitriles is 2. The molecular weight excluding hydrogens is 1440 g/mol. The molecule has 8 nitrogen and oxygen atoms in total. The van der Waals surface area contributed by atoms with Crippen LogP contribution in [0, 0.1) is 22.7 Å². The van der Waals surface area contributed by atoms with E-state index < -0.39 is 0 Å². The maximum Gasteiger partial charge on any atom is 0.252 e. The standard InChI is InChI=1S/C110H99BN8/c1-105(2,3)70-40-49-94-86(55-70)87-56-71(106(4,5)6)41-50-95(87)115(94)78-44-48-89-101(61-78)116(77-43-36-67(64-112)96(60-77)118-92-33-25-21-29-82(92)83-30-22-26-34-93(83)118)102-62-79(117-98-57-72(107(7,8)9)38-45-84(98)85-46-39-73(58-99(85)117)108(10,11)12)63-103-104(102)111(89)88-47-37-66(69-51-74(109(13,14)15)54-75(52-69)110(16,17)18)53-100(88)119(103)97-59-76(42-35-68(97)65-113)114-90-31-23-19-27-80(90)81-28-20-24-32-91(81)114/h19-63H,1-18H3. The maximum atomic E-state index is 12.3. The van der Waals surface area contributed by atoms with Crippen molar-refractivity contribution >= 4 is 144 Å². The summed E-state index contributed by atoms with van der Waals surface area (Å²) in [7, 11) is 0. The van der Waals surface area contributed by atoms with Crippen LogP contribution in [0.2, 0.25) is 0 Å². The number of hydrogen-bond acceptors (Lipinski definition) is 4. The molecule has 18 aromatic rings. The van der Waals surface area contributed by atoms with Crippen LogP contribution >= 0.6 is 0 Å². The summed E-state index contributed by atoms with van der Waals surface area (Å²) in [5, 5.41) is 33.2. The van der Waals surface area contributed by atoms with E-state index in [0.29, 0.717) is 11.1 Å². The fourth-order valence-electron chi connectivity index (χ4n) is 19.3. The van der Waals surface area contributed by atoms with Crippen molar-refractivity contribution in [2.75, 3.05) is 9.80 Å². The molecule has 0 atom stereocenters. The summed E-state index contributed by atoms with van der Waals surface area (Å²) in [6.45, 7) is 41.3. The molecule has 0 bridgehead atoms. The Bertz CT molecular complexity index is 7190. The molecule has 2 aliphatic rings. The highest BCUT2D eigenvalue weighted by molar-refractivity contribution is 7.00. The molecule has 9 heteroatoms. The first kappa shape index (κ1) is 74.7. The van der Waals surface area contributed by atoms with E-state index in [-0.39, 0.29) is 39.2 Å². The molecule has 0 fully saturated rings. The Morgan fingerprint density at radius 1 is 0.227 bits per heavy atom. The number of hydrogen-bond donors (Lipinski definition) is 0. The van der Waals surface area contributed by atoms with Crippen LogP contribution in [0.5, 0.6) is 0 Å². The summed E-state index contributed by atoms with van der Waals surface area (Å²) in [5.74, 6) is 0. The van der Waals surface area contributed by atoms with Gasteiger partial charge in [0, 0.05) is 82.9 Å². The van der Waals surface area contributed by atoms with Crippen LogP contribution in [-0.4, -0.2) is 25.0 Å². The third-order valence-electron chi connectivity index (χ3n) is 25.9. The lowest BCUT2D eigenvalue weighted by atomic mass is 9.33. The second kappa shape index (κ2) is 26.2. The van der Waals surface area contributed by atoms with Gasteiger partial charge in [0.2, 0.25) is 0 Å². The zero-order valence-corrected chi connectivity index (χ0v) is 71.6. The Labute approximate surface area is 699 Å². The molecule has 0 radical (unpaired) electrons. The second-order valence-electron chi connectivity index (χ2n) is 39.8. The van der Waals surface area contributed by atoms with E-state index in [2.05, 4.69) is 432 Å². The van der Waals surface area contributed by atoms with Crippen LogP contribution in [0.15, 0.2) is 273 Å². The predicted octanol–water partition coefficient (Wildman–Crippen LogP) is 27.4. The summed E-state index contributed by atoms with van der Waals surface area (Å²) in [4.78, 5) is 5.02. The van der Waals surface area contributed by atoms with E-state index in [1.807, 2.05) is 6.07 Å². The summed E-state index contributed by atoms with van der Waals surface area (Å²) < 4.78 is 9.75. The third kappa shape index (κ3) is 11.8. The van der Waals surface area contributed by atoms with Gasteiger partial charge in [-0.2, -0.15) is 10.5 Å². The lowest BCUT2D eigenvalue weighted by molar-refractivity contribution is 0.569. The summed E-state index contributed by atoms with van der Waals surface area (Å²) in [6, 6.07) is 108. The highest BCUT2D eigenvalue weighted by Gasteiger charge is 2.46. The van der Waals surface area contributed by atoms with Gasteiger partial charge in [-0.15, -0.1) is 0 Å². The highest BCUT2D eigenvalue weighted by Crippen LogP contribution is 2.52. The first-order chi connectivity index (χ1) is 56.7. The summed E-state index contributed by atoms with van der Waals surface area (Å²) in [5.41, 5.74) is 31.1. The number of fused-ring (bicyclic) bond motifs is 16. The number of para-hydroxylation sites is 4. The number of rotatable bonds is 7. The lowest BCUT2D eigenvalue weighted by Crippen LogP contribution is -2.61. The van der Waals surface area contributed by atoms with E-state index >= 15 is 0 Å². The first-order valence-corrected chi connectivity index (χ1v) is 42.2. The van der Waals surface area contributed by atoms with Gasteiger partial charge in [0.15, 0.2) is 0 Å². The molecule has 0 N–H and O–H groups in total. The van der Waals surface area contributed by atoms with E-state index in [1.165, 1.54) is 44.2 Å². The molecule has 0 amide bonds. The molecule has 20 rings (SSSR count). The molecule has 582 valence electrons. The Hall–Kier alpha value is -13.1. The first-order valence-electron chi connectivity index (χ1n) is 42.2. The second-order valence-corrected chi connectivity index (χ2v) is 39.8. The normalized spacial score (nSPS) is 13.4. The molecule has 119 heavy (non-hydrogen) atoms. The van der Waals surface area contributed by atoms with Crippen molar-refractivity contribution in [3.05, 3.63) is 317 Å². The molecule has 6 heterocycles. The van der Waals surface area contributed by atoms with Crippen molar-refractivity contribution in [2.24, 2.45) is 0 Å². The Balaban J connectivity index is 0.970. The van der Waals surface area contributed by atoms with Crippen molar-refractivity contribution in [2.45, 2.75) is 157 Å². The zero-order valence-electron chi connectivity index (χ0n) is 71.6. The molecular formula is C110H99BN8. The number of benzene rings is 14.